The fraction of sp³-hybridized carbons (Fsp3) is 0.375. The molecule has 0 spiro atoms. The number of benzene rings is 1. The maximum atomic E-state index is 6.37. The standard InChI is InChI=1S/C16H20ClNO/c1-4-12-7-9-15(19-12)16(18-5-2)13-8-6-11(3)10-14(13)17/h6-10,16,18H,4-5H2,1-3H3. The van der Waals surface area contributed by atoms with Crippen molar-refractivity contribution in [2.75, 3.05) is 6.54 Å². The Labute approximate surface area is 119 Å². The van der Waals surface area contributed by atoms with Crippen LogP contribution in [-0.4, -0.2) is 6.54 Å². The topological polar surface area (TPSA) is 25.2 Å². The molecule has 0 saturated heterocycles. The lowest BCUT2D eigenvalue weighted by molar-refractivity contribution is 0.426. The van der Waals surface area contributed by atoms with Crippen molar-refractivity contribution in [1.82, 2.24) is 5.32 Å². The first-order chi connectivity index (χ1) is 9.15. The van der Waals surface area contributed by atoms with E-state index < -0.39 is 0 Å². The monoisotopic (exact) mass is 277 g/mol. The van der Waals surface area contributed by atoms with E-state index in [0.717, 1.165) is 40.6 Å². The van der Waals surface area contributed by atoms with Gasteiger partial charge >= 0.3 is 0 Å². The van der Waals surface area contributed by atoms with Crippen molar-refractivity contribution in [1.29, 1.82) is 0 Å². The summed E-state index contributed by atoms with van der Waals surface area (Å²) in [6, 6.07) is 10.2. The van der Waals surface area contributed by atoms with Crippen LogP contribution in [-0.2, 0) is 6.42 Å². The van der Waals surface area contributed by atoms with Gasteiger partial charge in [0.1, 0.15) is 11.5 Å². The van der Waals surface area contributed by atoms with Gasteiger partial charge in [-0.15, -0.1) is 0 Å². The number of nitrogens with one attached hydrogen (secondary N) is 1. The van der Waals surface area contributed by atoms with Gasteiger partial charge in [-0.25, -0.2) is 0 Å². The lowest BCUT2D eigenvalue weighted by atomic mass is 10.0. The zero-order chi connectivity index (χ0) is 13.8. The van der Waals surface area contributed by atoms with E-state index in [1.165, 1.54) is 0 Å². The second-order valence-corrected chi connectivity index (χ2v) is 5.08. The third-order valence-corrected chi connectivity index (χ3v) is 3.52. The van der Waals surface area contributed by atoms with Crippen LogP contribution in [0.4, 0.5) is 0 Å². The van der Waals surface area contributed by atoms with E-state index in [1.54, 1.807) is 0 Å². The van der Waals surface area contributed by atoms with Crippen molar-refractivity contribution in [2.24, 2.45) is 0 Å². The van der Waals surface area contributed by atoms with Crippen LogP contribution >= 0.6 is 11.6 Å². The zero-order valence-electron chi connectivity index (χ0n) is 11.7. The van der Waals surface area contributed by atoms with E-state index in [2.05, 4.69) is 31.3 Å². The van der Waals surface area contributed by atoms with Crippen molar-refractivity contribution in [3.63, 3.8) is 0 Å². The molecular weight excluding hydrogens is 258 g/mol. The fourth-order valence-corrected chi connectivity index (χ4v) is 2.52. The van der Waals surface area contributed by atoms with Gasteiger partial charge in [-0.3, -0.25) is 0 Å². The molecule has 0 aliphatic carbocycles. The molecule has 0 aliphatic heterocycles. The number of hydrogen-bond donors (Lipinski definition) is 1. The Morgan fingerprint density at radius 2 is 2.00 bits per heavy atom. The smallest absolute Gasteiger partial charge is 0.125 e. The van der Waals surface area contributed by atoms with Crippen LogP contribution in [0.2, 0.25) is 5.02 Å². The molecule has 1 heterocycles. The molecule has 1 aromatic heterocycles. The molecule has 2 aromatic rings. The minimum atomic E-state index is 0.0124. The van der Waals surface area contributed by atoms with E-state index in [4.69, 9.17) is 16.0 Å². The van der Waals surface area contributed by atoms with Crippen LogP contribution in [0.3, 0.4) is 0 Å². The van der Waals surface area contributed by atoms with Crippen LogP contribution in [0.1, 0.15) is 42.5 Å². The third-order valence-electron chi connectivity index (χ3n) is 3.19. The summed E-state index contributed by atoms with van der Waals surface area (Å²) in [5, 5.41) is 4.21. The van der Waals surface area contributed by atoms with Gasteiger partial charge in [-0.05, 0) is 42.8 Å². The Morgan fingerprint density at radius 1 is 1.21 bits per heavy atom. The summed E-state index contributed by atoms with van der Waals surface area (Å²) in [6.45, 7) is 7.07. The summed E-state index contributed by atoms with van der Waals surface area (Å²) >= 11 is 6.37. The average Bonchev–Trinajstić information content (AvgIpc) is 2.85. The number of aryl methyl sites for hydroxylation is 2. The fourth-order valence-electron chi connectivity index (χ4n) is 2.17. The van der Waals surface area contributed by atoms with E-state index >= 15 is 0 Å². The molecular formula is C16H20ClNO. The largest absolute Gasteiger partial charge is 0.464 e. The van der Waals surface area contributed by atoms with Crippen LogP contribution in [0.15, 0.2) is 34.7 Å². The van der Waals surface area contributed by atoms with Gasteiger partial charge in [-0.2, -0.15) is 0 Å². The van der Waals surface area contributed by atoms with E-state index in [1.807, 2.05) is 25.1 Å². The second kappa shape index (κ2) is 6.27. The molecule has 0 amide bonds. The molecule has 1 aromatic carbocycles. The lowest BCUT2D eigenvalue weighted by Crippen LogP contribution is -2.21. The maximum Gasteiger partial charge on any atom is 0.125 e. The van der Waals surface area contributed by atoms with Crippen LogP contribution < -0.4 is 5.32 Å². The number of furan rings is 1. The maximum absolute atomic E-state index is 6.37. The van der Waals surface area contributed by atoms with Gasteiger partial charge in [0.05, 0.1) is 6.04 Å². The summed E-state index contributed by atoms with van der Waals surface area (Å²) in [4.78, 5) is 0. The highest BCUT2D eigenvalue weighted by atomic mass is 35.5. The summed E-state index contributed by atoms with van der Waals surface area (Å²) in [6.07, 6.45) is 0.903. The second-order valence-electron chi connectivity index (χ2n) is 4.67. The van der Waals surface area contributed by atoms with Crippen molar-refractivity contribution in [2.45, 2.75) is 33.2 Å². The van der Waals surface area contributed by atoms with Crippen molar-refractivity contribution in [3.8, 4) is 0 Å². The first-order valence-corrected chi connectivity index (χ1v) is 7.11. The molecule has 0 bridgehead atoms. The molecule has 1 unspecified atom stereocenters. The molecule has 1 atom stereocenters. The Bertz CT molecular complexity index is 547. The summed E-state index contributed by atoms with van der Waals surface area (Å²) < 4.78 is 5.87. The minimum absolute atomic E-state index is 0.0124. The van der Waals surface area contributed by atoms with Crippen molar-refractivity contribution < 1.29 is 4.42 Å². The first kappa shape index (κ1) is 14.2. The summed E-state index contributed by atoms with van der Waals surface area (Å²) in [5.41, 5.74) is 2.23. The summed E-state index contributed by atoms with van der Waals surface area (Å²) in [7, 11) is 0. The number of hydrogen-bond acceptors (Lipinski definition) is 2. The van der Waals surface area contributed by atoms with Crippen LogP contribution in [0.25, 0.3) is 0 Å². The van der Waals surface area contributed by atoms with Gasteiger partial charge < -0.3 is 9.73 Å². The van der Waals surface area contributed by atoms with Gasteiger partial charge in [0.2, 0.25) is 0 Å². The third kappa shape index (κ3) is 3.20. The number of halogens is 1. The highest BCUT2D eigenvalue weighted by Gasteiger charge is 2.19. The van der Waals surface area contributed by atoms with E-state index in [9.17, 15) is 0 Å². The Morgan fingerprint density at radius 3 is 2.58 bits per heavy atom. The molecule has 0 saturated carbocycles. The Kier molecular flexibility index (Phi) is 4.67. The Hall–Kier alpha value is -1.25. The van der Waals surface area contributed by atoms with Gasteiger partial charge in [0.15, 0.2) is 0 Å². The quantitative estimate of drug-likeness (QED) is 0.870. The number of rotatable bonds is 5. The molecule has 0 aliphatic rings. The van der Waals surface area contributed by atoms with Gasteiger partial charge in [0, 0.05) is 11.4 Å². The molecule has 0 radical (unpaired) electrons. The van der Waals surface area contributed by atoms with Crippen LogP contribution in [0.5, 0.6) is 0 Å². The molecule has 2 nitrogen and oxygen atoms in total. The van der Waals surface area contributed by atoms with Crippen molar-refractivity contribution >= 4 is 11.6 Å². The SMILES string of the molecule is CCNC(c1ccc(CC)o1)c1ccc(C)cc1Cl. The lowest BCUT2D eigenvalue weighted by Gasteiger charge is -2.18. The van der Waals surface area contributed by atoms with Crippen LogP contribution in [0, 0.1) is 6.92 Å². The highest BCUT2D eigenvalue weighted by Crippen LogP contribution is 2.30. The predicted molar refractivity (Wildman–Crippen MR) is 79.8 cm³/mol. The van der Waals surface area contributed by atoms with E-state index in [0.29, 0.717) is 0 Å². The molecule has 1 N–H and O–H groups in total. The Balaban J connectivity index is 2.38. The normalized spacial score (nSPS) is 12.6. The average molecular weight is 278 g/mol. The molecule has 0 fully saturated rings. The van der Waals surface area contributed by atoms with Crippen molar-refractivity contribution in [3.05, 3.63) is 58.0 Å². The zero-order valence-corrected chi connectivity index (χ0v) is 12.4. The first-order valence-electron chi connectivity index (χ1n) is 6.73. The molecule has 2 rings (SSSR count). The minimum Gasteiger partial charge on any atom is -0.464 e. The molecule has 102 valence electrons. The van der Waals surface area contributed by atoms with E-state index in [-0.39, 0.29) is 6.04 Å². The van der Waals surface area contributed by atoms with Gasteiger partial charge in [0.25, 0.3) is 0 Å². The molecule has 3 heteroatoms. The highest BCUT2D eigenvalue weighted by molar-refractivity contribution is 6.31. The van der Waals surface area contributed by atoms with Gasteiger partial charge in [-0.1, -0.05) is 37.6 Å². The summed E-state index contributed by atoms with van der Waals surface area (Å²) in [5.74, 6) is 1.92. The molecule has 19 heavy (non-hydrogen) atoms. The predicted octanol–water partition coefficient (Wildman–Crippen LogP) is 4.50.